The molecule has 1 aromatic heterocycles. The Bertz CT molecular complexity index is 258. The van der Waals surface area contributed by atoms with Crippen LogP contribution < -0.4 is 5.73 Å². The van der Waals surface area contributed by atoms with Crippen LogP contribution in [0.2, 0.25) is 0 Å². The summed E-state index contributed by atoms with van der Waals surface area (Å²) in [6.07, 6.45) is -1.68. The van der Waals surface area contributed by atoms with E-state index in [1.165, 1.54) is 24.5 Å². The first kappa shape index (κ1) is 9.98. The second kappa shape index (κ2) is 3.74. The van der Waals surface area contributed by atoms with Gasteiger partial charge in [0.25, 0.3) is 0 Å². The first-order valence-corrected chi connectivity index (χ1v) is 3.72. The van der Waals surface area contributed by atoms with Crippen molar-refractivity contribution in [2.24, 2.45) is 5.73 Å². The van der Waals surface area contributed by atoms with E-state index in [4.69, 9.17) is 5.73 Å². The Labute approximate surface area is 73.6 Å². The molecule has 0 bridgehead atoms. The third-order valence-electron chi connectivity index (χ3n) is 1.72. The van der Waals surface area contributed by atoms with Crippen LogP contribution in [0.1, 0.15) is 11.5 Å². The molecule has 72 valence electrons. The van der Waals surface area contributed by atoms with Crippen LogP contribution in [0, 0.1) is 0 Å². The van der Waals surface area contributed by atoms with Crippen molar-refractivity contribution in [1.29, 1.82) is 0 Å². The van der Waals surface area contributed by atoms with Gasteiger partial charge < -0.3 is 5.73 Å². The summed E-state index contributed by atoms with van der Waals surface area (Å²) in [5.41, 5.74) is 5.15. The van der Waals surface area contributed by atoms with Gasteiger partial charge in [0.2, 0.25) is 0 Å². The molecule has 13 heavy (non-hydrogen) atoms. The van der Waals surface area contributed by atoms with Gasteiger partial charge in [0.15, 0.2) is 0 Å². The quantitative estimate of drug-likeness (QED) is 0.770. The average molecular weight is 190 g/mol. The number of nitrogens with zero attached hydrogens (tertiary/aromatic N) is 1. The lowest BCUT2D eigenvalue weighted by Crippen LogP contribution is -2.28. The standard InChI is InChI=1S/C8H9F3N2/c9-8(10,11)7(4-12)6-2-1-3-13-5-6/h1-3,5,7H,4,12H2. The van der Waals surface area contributed by atoms with E-state index in [9.17, 15) is 13.2 Å². The maximum Gasteiger partial charge on any atom is 0.397 e. The molecule has 0 aliphatic rings. The summed E-state index contributed by atoms with van der Waals surface area (Å²) in [6, 6.07) is 2.84. The van der Waals surface area contributed by atoms with E-state index >= 15 is 0 Å². The number of alkyl halides is 3. The maximum atomic E-state index is 12.3. The maximum absolute atomic E-state index is 12.3. The Morgan fingerprint density at radius 2 is 2.15 bits per heavy atom. The van der Waals surface area contributed by atoms with Gasteiger partial charge in [0.05, 0.1) is 5.92 Å². The summed E-state index contributed by atoms with van der Waals surface area (Å²) < 4.78 is 36.9. The molecular weight excluding hydrogens is 181 g/mol. The molecule has 1 rings (SSSR count). The van der Waals surface area contributed by atoms with Gasteiger partial charge in [-0.15, -0.1) is 0 Å². The summed E-state index contributed by atoms with van der Waals surface area (Å²) in [4.78, 5) is 3.61. The van der Waals surface area contributed by atoms with Crippen LogP contribution in [0.3, 0.4) is 0 Å². The van der Waals surface area contributed by atoms with Gasteiger partial charge in [0.1, 0.15) is 0 Å². The third-order valence-corrected chi connectivity index (χ3v) is 1.72. The van der Waals surface area contributed by atoms with Gasteiger partial charge in [-0.05, 0) is 11.6 Å². The molecule has 0 saturated heterocycles. The highest BCUT2D eigenvalue weighted by atomic mass is 19.4. The Hall–Kier alpha value is -1.10. The van der Waals surface area contributed by atoms with Crippen LogP contribution >= 0.6 is 0 Å². The van der Waals surface area contributed by atoms with E-state index in [2.05, 4.69) is 4.98 Å². The van der Waals surface area contributed by atoms with Crippen LogP contribution in [0.15, 0.2) is 24.5 Å². The molecule has 1 heterocycles. The minimum atomic E-state index is -4.29. The lowest BCUT2D eigenvalue weighted by molar-refractivity contribution is -0.148. The highest BCUT2D eigenvalue weighted by molar-refractivity contribution is 5.16. The molecular formula is C8H9F3N2. The number of hydrogen-bond donors (Lipinski definition) is 1. The molecule has 0 aromatic carbocycles. The van der Waals surface area contributed by atoms with Crippen molar-refractivity contribution in [2.45, 2.75) is 12.1 Å². The van der Waals surface area contributed by atoms with Crippen LogP contribution in [-0.4, -0.2) is 17.7 Å². The number of nitrogens with two attached hydrogens (primary N) is 1. The van der Waals surface area contributed by atoms with Gasteiger partial charge in [-0.1, -0.05) is 6.07 Å². The van der Waals surface area contributed by atoms with Crippen molar-refractivity contribution >= 4 is 0 Å². The fraction of sp³-hybridized carbons (Fsp3) is 0.375. The monoisotopic (exact) mass is 190 g/mol. The molecule has 1 atom stereocenters. The molecule has 0 aliphatic carbocycles. The van der Waals surface area contributed by atoms with E-state index < -0.39 is 18.6 Å². The first-order chi connectivity index (χ1) is 6.05. The fourth-order valence-corrected chi connectivity index (χ4v) is 1.04. The Balaban J connectivity index is 2.92. The molecule has 0 aliphatic heterocycles. The second-order valence-corrected chi connectivity index (χ2v) is 2.62. The zero-order valence-corrected chi connectivity index (χ0v) is 6.75. The largest absolute Gasteiger partial charge is 0.397 e. The van der Waals surface area contributed by atoms with Crippen molar-refractivity contribution in [1.82, 2.24) is 4.98 Å². The minimum absolute atomic E-state index is 0.109. The van der Waals surface area contributed by atoms with Crippen LogP contribution in [0.5, 0.6) is 0 Å². The van der Waals surface area contributed by atoms with E-state index in [0.29, 0.717) is 0 Å². The predicted molar refractivity (Wildman–Crippen MR) is 42.1 cm³/mol. The van der Waals surface area contributed by atoms with Gasteiger partial charge in [-0.2, -0.15) is 13.2 Å². The van der Waals surface area contributed by atoms with Crippen LogP contribution in [-0.2, 0) is 0 Å². The zero-order chi connectivity index (χ0) is 9.90. The highest BCUT2D eigenvalue weighted by Crippen LogP contribution is 2.33. The predicted octanol–water partition coefficient (Wildman–Crippen LogP) is 1.69. The van der Waals surface area contributed by atoms with Crippen molar-refractivity contribution < 1.29 is 13.2 Å². The van der Waals surface area contributed by atoms with Gasteiger partial charge >= 0.3 is 6.18 Å². The number of hydrogen-bond acceptors (Lipinski definition) is 2. The van der Waals surface area contributed by atoms with Crippen LogP contribution in [0.4, 0.5) is 13.2 Å². The molecule has 0 spiro atoms. The number of halogens is 3. The van der Waals surface area contributed by atoms with Gasteiger partial charge in [0, 0.05) is 18.9 Å². The lowest BCUT2D eigenvalue weighted by Gasteiger charge is -2.17. The highest BCUT2D eigenvalue weighted by Gasteiger charge is 2.39. The summed E-state index contributed by atoms with van der Waals surface area (Å²) in [5, 5.41) is 0. The van der Waals surface area contributed by atoms with E-state index in [1.807, 2.05) is 0 Å². The molecule has 0 radical (unpaired) electrons. The van der Waals surface area contributed by atoms with E-state index in [1.54, 1.807) is 0 Å². The molecule has 5 heteroatoms. The summed E-state index contributed by atoms with van der Waals surface area (Å²) in [7, 11) is 0. The molecule has 0 fully saturated rings. The topological polar surface area (TPSA) is 38.9 Å². The van der Waals surface area contributed by atoms with E-state index in [0.717, 1.165) is 0 Å². The second-order valence-electron chi connectivity index (χ2n) is 2.62. The summed E-state index contributed by atoms with van der Waals surface area (Å²) in [5.74, 6) is -1.61. The van der Waals surface area contributed by atoms with E-state index in [-0.39, 0.29) is 5.56 Å². The summed E-state index contributed by atoms with van der Waals surface area (Å²) >= 11 is 0. The third kappa shape index (κ3) is 2.42. The molecule has 2 nitrogen and oxygen atoms in total. The zero-order valence-electron chi connectivity index (χ0n) is 6.75. The SMILES string of the molecule is NCC(c1cccnc1)C(F)(F)F. The van der Waals surface area contributed by atoms with Crippen molar-refractivity contribution in [3.05, 3.63) is 30.1 Å². The Kier molecular flexibility index (Phi) is 2.87. The molecule has 1 aromatic rings. The number of rotatable bonds is 2. The first-order valence-electron chi connectivity index (χ1n) is 3.72. The van der Waals surface area contributed by atoms with Gasteiger partial charge in [-0.3, -0.25) is 4.98 Å². The average Bonchev–Trinajstić information content (AvgIpc) is 2.05. The minimum Gasteiger partial charge on any atom is -0.330 e. The lowest BCUT2D eigenvalue weighted by atomic mass is 10.0. The van der Waals surface area contributed by atoms with Crippen molar-refractivity contribution in [3.8, 4) is 0 Å². The van der Waals surface area contributed by atoms with Crippen molar-refractivity contribution in [2.75, 3.05) is 6.54 Å². The normalized spacial score (nSPS) is 14.2. The van der Waals surface area contributed by atoms with Crippen LogP contribution in [0.25, 0.3) is 0 Å². The fourth-order valence-electron chi connectivity index (χ4n) is 1.04. The number of pyridine rings is 1. The Morgan fingerprint density at radius 1 is 1.46 bits per heavy atom. The summed E-state index contributed by atoms with van der Waals surface area (Å²) in [6.45, 7) is -0.449. The molecule has 1 unspecified atom stereocenters. The van der Waals surface area contributed by atoms with Crippen molar-refractivity contribution in [3.63, 3.8) is 0 Å². The molecule has 0 amide bonds. The molecule has 2 N–H and O–H groups in total. The Morgan fingerprint density at radius 3 is 2.54 bits per heavy atom. The van der Waals surface area contributed by atoms with Gasteiger partial charge in [-0.25, -0.2) is 0 Å². The number of aromatic nitrogens is 1. The molecule has 0 saturated carbocycles. The smallest absolute Gasteiger partial charge is 0.330 e.